The third-order valence-corrected chi connectivity index (χ3v) is 5.13. The molecule has 1 aromatic heterocycles. The molecular weight excluding hydrogens is 602 g/mol. The molecule has 0 amide bonds. The molecule has 0 aliphatic carbocycles. The maximum absolute atomic E-state index is 11.4. The van der Waals surface area contributed by atoms with Gasteiger partial charge < -0.3 is 31.1 Å². The topological polar surface area (TPSA) is 227 Å². The molecule has 4 aromatic rings. The summed E-state index contributed by atoms with van der Waals surface area (Å²) in [7, 11) is -2.12. The minimum absolute atomic E-state index is 0. The first-order valence-electron chi connectivity index (χ1n) is 9.40. The summed E-state index contributed by atoms with van der Waals surface area (Å²) in [5.41, 5.74) is 7.53. The largest absolute Gasteiger partial charge is 0.507 e. The molecule has 0 bridgehead atoms. The van der Waals surface area contributed by atoms with Crippen molar-refractivity contribution in [1.82, 2.24) is 15.0 Å². The van der Waals surface area contributed by atoms with Crippen LogP contribution in [0.3, 0.4) is 0 Å². The van der Waals surface area contributed by atoms with Crippen LogP contribution in [0.4, 0.5) is 28.7 Å². The van der Waals surface area contributed by atoms with Crippen molar-refractivity contribution < 1.29 is 63.4 Å². The molecule has 5 N–H and O–H groups in total. The molecule has 3 aromatic carbocycles. The molecule has 0 unspecified atom stereocenters. The van der Waals surface area contributed by atoms with Gasteiger partial charge in [-0.3, -0.25) is 4.55 Å². The summed E-state index contributed by atoms with van der Waals surface area (Å²) in [5.74, 6) is -0.181. The molecule has 0 aliphatic rings. The van der Waals surface area contributed by atoms with Gasteiger partial charge in [0.25, 0.3) is 10.1 Å². The van der Waals surface area contributed by atoms with E-state index in [0.717, 1.165) is 6.07 Å². The number of rotatable bonds is 5. The summed E-state index contributed by atoms with van der Waals surface area (Å²) in [5, 5.41) is 22.1. The van der Waals surface area contributed by atoms with Crippen molar-refractivity contribution in [2.24, 2.45) is 10.2 Å². The Kier molecular flexibility index (Phi) is 10.3. The first-order valence-corrected chi connectivity index (χ1v) is 11.8. The zero-order chi connectivity index (χ0) is 26.5. The SMILES string of the molecule is O=S(=O)=O.[B]c1n[c-]nc(Nc2ccc(N=Nc3c(N)ccc4cc(S(=O)(=O)O)cc(O)c34)cc2)n1.[Y]. The van der Waals surface area contributed by atoms with Crippen LogP contribution in [0.25, 0.3) is 10.8 Å². The monoisotopic (exact) mass is 615 g/mol. The summed E-state index contributed by atoms with van der Waals surface area (Å²) >= 11 is 0. The zero-order valence-electron chi connectivity index (χ0n) is 18.3. The van der Waals surface area contributed by atoms with Crippen LogP contribution in [-0.4, -0.2) is 53.5 Å². The van der Waals surface area contributed by atoms with E-state index in [1.54, 1.807) is 24.3 Å². The van der Waals surface area contributed by atoms with E-state index in [1.807, 2.05) is 0 Å². The number of aromatic nitrogens is 3. The van der Waals surface area contributed by atoms with E-state index in [-0.39, 0.29) is 61.1 Å². The van der Waals surface area contributed by atoms with Gasteiger partial charge in [-0.1, -0.05) is 6.07 Å². The molecule has 37 heavy (non-hydrogen) atoms. The quantitative estimate of drug-likeness (QED) is 0.0819. The van der Waals surface area contributed by atoms with Crippen molar-refractivity contribution in [3.8, 4) is 5.75 Å². The van der Waals surface area contributed by atoms with E-state index in [9.17, 15) is 18.1 Å². The van der Waals surface area contributed by atoms with Crippen molar-refractivity contribution in [2.75, 3.05) is 11.1 Å². The molecule has 0 fully saturated rings. The van der Waals surface area contributed by atoms with Gasteiger partial charge in [0.05, 0.1) is 29.5 Å². The molecule has 0 saturated heterocycles. The number of aromatic hydroxyl groups is 1. The van der Waals surface area contributed by atoms with Crippen LogP contribution in [0.2, 0.25) is 0 Å². The van der Waals surface area contributed by atoms with Gasteiger partial charge in [-0.25, -0.2) is 0 Å². The number of phenolic OH excluding ortho intramolecular Hbond substituents is 1. The van der Waals surface area contributed by atoms with E-state index >= 15 is 0 Å². The summed E-state index contributed by atoms with van der Waals surface area (Å²) in [6.07, 6.45) is 2.37. The summed E-state index contributed by atoms with van der Waals surface area (Å²) in [6.45, 7) is 0. The third-order valence-electron chi connectivity index (χ3n) is 4.30. The van der Waals surface area contributed by atoms with Crippen LogP contribution >= 0.6 is 0 Å². The third kappa shape index (κ3) is 8.33. The van der Waals surface area contributed by atoms with Crippen molar-refractivity contribution >= 4 is 73.8 Å². The predicted molar refractivity (Wildman–Crippen MR) is 127 cm³/mol. The standard InChI is InChI=1S/C19H13BN7O4S.O3S.Y/c20-18-22-9-23-19(25-18)24-11-2-4-12(5-3-11)26-27-17-14(21)6-1-10-7-13(32(29,30)31)8-15(28)16(10)17;1-4(2)3;/h1-8,28H,21H2,(H,29,30,31)(H,22,23,24,25);;/q-1;;. The smallest absolute Gasteiger partial charge is 0.425 e. The minimum Gasteiger partial charge on any atom is -0.507 e. The fourth-order valence-corrected chi connectivity index (χ4v) is 3.39. The minimum atomic E-state index is -4.50. The fourth-order valence-electron chi connectivity index (χ4n) is 2.86. The van der Waals surface area contributed by atoms with Gasteiger partial charge in [-0.15, -0.1) is 17.7 Å². The molecule has 0 spiro atoms. The van der Waals surface area contributed by atoms with Crippen molar-refractivity contribution in [1.29, 1.82) is 0 Å². The number of azo groups is 1. The Hall–Kier alpha value is -3.37. The molecule has 1 heterocycles. The number of nitrogens with two attached hydrogens (primary N) is 1. The fraction of sp³-hybridized carbons (Fsp3) is 0. The second-order valence-electron chi connectivity index (χ2n) is 6.71. The number of benzene rings is 3. The summed E-state index contributed by atoms with van der Waals surface area (Å²) in [6, 6.07) is 11.9. The molecule has 0 aliphatic heterocycles. The van der Waals surface area contributed by atoms with E-state index in [0.29, 0.717) is 16.8 Å². The molecule has 0 atom stereocenters. The first-order chi connectivity index (χ1) is 16.9. The molecular formula is C19H13BN7O7S2Y-. The van der Waals surface area contributed by atoms with Gasteiger partial charge in [-0.05, 0) is 47.5 Å². The average molecular weight is 615 g/mol. The summed E-state index contributed by atoms with van der Waals surface area (Å²) < 4.78 is 57.4. The van der Waals surface area contributed by atoms with E-state index in [1.165, 1.54) is 18.2 Å². The van der Waals surface area contributed by atoms with Crippen LogP contribution in [-0.2, 0) is 53.4 Å². The van der Waals surface area contributed by atoms with Crippen molar-refractivity contribution in [3.05, 3.63) is 54.9 Å². The van der Waals surface area contributed by atoms with E-state index in [4.69, 9.17) is 26.2 Å². The second-order valence-corrected chi connectivity index (χ2v) is 8.54. The Bertz CT molecular complexity index is 1680. The average Bonchev–Trinajstić information content (AvgIpc) is 2.78. The Balaban J connectivity index is 0.000000898. The molecule has 4 rings (SSSR count). The maximum Gasteiger partial charge on any atom is 0.425 e. The van der Waals surface area contributed by atoms with Crippen LogP contribution in [0.1, 0.15) is 0 Å². The number of nitrogens with one attached hydrogen (secondary N) is 1. The zero-order valence-corrected chi connectivity index (χ0v) is 22.8. The Morgan fingerprint density at radius 1 is 1.03 bits per heavy atom. The maximum atomic E-state index is 11.4. The number of phenols is 1. The van der Waals surface area contributed by atoms with Crippen LogP contribution in [0.15, 0.2) is 63.7 Å². The summed E-state index contributed by atoms with van der Waals surface area (Å²) in [4.78, 5) is 10.9. The van der Waals surface area contributed by atoms with Gasteiger partial charge in [-0.2, -0.15) is 13.5 Å². The Labute approximate surface area is 237 Å². The number of hydrogen-bond donors (Lipinski definition) is 4. The molecule has 14 nitrogen and oxygen atoms in total. The number of nitrogens with zero attached hydrogens (tertiary/aromatic N) is 5. The van der Waals surface area contributed by atoms with Gasteiger partial charge in [0.1, 0.15) is 17.4 Å². The number of nitrogen functional groups attached to an aromatic ring is 1. The molecule has 18 heteroatoms. The van der Waals surface area contributed by atoms with Crippen LogP contribution in [0.5, 0.6) is 5.75 Å². The number of fused-ring (bicyclic) bond motifs is 1. The van der Waals surface area contributed by atoms with Crippen LogP contribution < -0.4 is 16.8 Å². The second kappa shape index (κ2) is 12.7. The van der Waals surface area contributed by atoms with Gasteiger partial charge in [0, 0.05) is 50.8 Å². The van der Waals surface area contributed by atoms with Crippen LogP contribution in [0, 0.1) is 6.33 Å². The van der Waals surface area contributed by atoms with Gasteiger partial charge in [0.15, 0.2) is 0 Å². The van der Waals surface area contributed by atoms with E-state index in [2.05, 4.69) is 36.8 Å². The number of hydrogen-bond acceptors (Lipinski definition) is 13. The Morgan fingerprint density at radius 2 is 1.68 bits per heavy atom. The molecule has 185 valence electrons. The normalized spacial score (nSPS) is 10.8. The number of anilines is 3. The molecule has 3 radical (unpaired) electrons. The van der Waals surface area contributed by atoms with Gasteiger partial charge in [0.2, 0.25) is 0 Å². The first kappa shape index (κ1) is 29.9. The predicted octanol–water partition coefficient (Wildman–Crippen LogP) is 1.31. The van der Waals surface area contributed by atoms with Crippen molar-refractivity contribution in [2.45, 2.75) is 4.90 Å². The van der Waals surface area contributed by atoms with Crippen molar-refractivity contribution in [3.63, 3.8) is 0 Å². The molecule has 0 saturated carbocycles. The van der Waals surface area contributed by atoms with E-state index < -0.39 is 31.4 Å². The Morgan fingerprint density at radius 3 is 2.27 bits per heavy atom. The van der Waals surface area contributed by atoms with Gasteiger partial charge >= 0.3 is 10.6 Å².